The number of ether oxygens (including phenoxy) is 2. The van der Waals surface area contributed by atoms with Crippen LogP contribution in [-0.4, -0.2) is 68.7 Å². The Balaban J connectivity index is 1.56. The maximum absolute atomic E-state index is 13.9. The Bertz CT molecular complexity index is 573. The van der Waals surface area contributed by atoms with Gasteiger partial charge in [0.1, 0.15) is 24.3 Å². The van der Waals surface area contributed by atoms with Crippen LogP contribution in [0.3, 0.4) is 0 Å². The van der Waals surface area contributed by atoms with E-state index in [1.807, 2.05) is 6.07 Å². The zero-order valence-corrected chi connectivity index (χ0v) is 13.8. The lowest BCUT2D eigenvalue weighted by Crippen LogP contribution is -2.42. The molecule has 0 saturated carbocycles. The highest BCUT2D eigenvalue weighted by atomic mass is 19.1. The molecule has 0 radical (unpaired) electrons. The number of aliphatic hydroxyl groups excluding tert-OH is 1. The van der Waals surface area contributed by atoms with E-state index in [1.165, 1.54) is 12.1 Å². The molecule has 0 bridgehead atoms. The number of β-amino-alcohol motifs (C(OH)–C–C–N with tert-alkyl or cyclic N) is 1. The summed E-state index contributed by atoms with van der Waals surface area (Å²) in [5, 5.41) is 13.4. The van der Waals surface area contributed by atoms with Gasteiger partial charge in [0.05, 0.1) is 13.2 Å². The Kier molecular flexibility index (Phi) is 6.20. The normalized spacial score (nSPS) is 20.5. The van der Waals surface area contributed by atoms with E-state index in [-0.39, 0.29) is 12.4 Å². The third-order valence-electron chi connectivity index (χ3n) is 4.32. The summed E-state index contributed by atoms with van der Waals surface area (Å²) < 4.78 is 24.8. The fourth-order valence-electron chi connectivity index (χ4n) is 3.04. The lowest BCUT2D eigenvalue weighted by molar-refractivity contribution is 0.00462. The average Bonchev–Trinajstić information content (AvgIpc) is 2.61. The van der Waals surface area contributed by atoms with Crippen molar-refractivity contribution in [1.29, 1.82) is 0 Å². The number of morpholine rings is 1. The topological polar surface area (TPSA) is 54.0 Å². The summed E-state index contributed by atoms with van der Waals surface area (Å²) in [7, 11) is 0. The van der Waals surface area contributed by atoms with E-state index in [0.717, 1.165) is 43.7 Å². The van der Waals surface area contributed by atoms with Crippen LogP contribution in [0.1, 0.15) is 12.0 Å². The molecule has 1 atom stereocenters. The largest absolute Gasteiger partial charge is 0.491 e. The van der Waals surface area contributed by atoms with Gasteiger partial charge in [0.2, 0.25) is 0 Å². The third-order valence-corrected chi connectivity index (χ3v) is 4.32. The minimum Gasteiger partial charge on any atom is -0.491 e. The molecule has 6 heteroatoms. The van der Waals surface area contributed by atoms with E-state index in [1.54, 1.807) is 0 Å². The summed E-state index contributed by atoms with van der Waals surface area (Å²) in [4.78, 5) is 2.15. The van der Waals surface area contributed by atoms with Gasteiger partial charge in [0, 0.05) is 32.2 Å². The van der Waals surface area contributed by atoms with E-state index in [0.29, 0.717) is 25.5 Å². The molecule has 1 fully saturated rings. The van der Waals surface area contributed by atoms with E-state index in [2.05, 4.69) is 16.3 Å². The lowest BCUT2D eigenvalue weighted by Gasteiger charge is -2.28. The van der Waals surface area contributed by atoms with Crippen molar-refractivity contribution >= 4 is 5.57 Å². The molecular weight excluding hydrogens is 311 g/mol. The highest BCUT2D eigenvalue weighted by Crippen LogP contribution is 2.25. The molecule has 1 aromatic rings. The van der Waals surface area contributed by atoms with Crippen LogP contribution >= 0.6 is 0 Å². The zero-order valence-electron chi connectivity index (χ0n) is 13.8. The van der Waals surface area contributed by atoms with Crippen molar-refractivity contribution in [3.63, 3.8) is 0 Å². The summed E-state index contributed by atoms with van der Waals surface area (Å²) in [6, 6.07) is 4.75. The predicted molar refractivity (Wildman–Crippen MR) is 90.6 cm³/mol. The maximum atomic E-state index is 13.9. The van der Waals surface area contributed by atoms with E-state index < -0.39 is 6.10 Å². The number of benzene rings is 1. The van der Waals surface area contributed by atoms with Crippen molar-refractivity contribution in [3.05, 3.63) is 35.7 Å². The van der Waals surface area contributed by atoms with Crippen LogP contribution in [0.15, 0.2) is 24.3 Å². The van der Waals surface area contributed by atoms with E-state index >= 15 is 0 Å². The number of nitrogens with one attached hydrogen (secondary N) is 1. The second kappa shape index (κ2) is 8.58. The number of hydrogen-bond acceptors (Lipinski definition) is 5. The molecule has 2 N–H and O–H groups in total. The van der Waals surface area contributed by atoms with Crippen LogP contribution in [-0.2, 0) is 4.74 Å². The second-order valence-electron chi connectivity index (χ2n) is 6.24. The molecule has 0 spiro atoms. The van der Waals surface area contributed by atoms with Crippen LogP contribution in [0.2, 0.25) is 0 Å². The SMILES string of the molecule is OC(COc1cc(F)cc(C2=CCNCC2)c1)CN1CCOCC1. The Morgan fingerprint density at radius 3 is 2.88 bits per heavy atom. The number of aliphatic hydroxyl groups is 1. The highest BCUT2D eigenvalue weighted by molar-refractivity contribution is 5.67. The molecular formula is C18H25FN2O3. The molecule has 1 unspecified atom stereocenters. The third kappa shape index (κ3) is 5.01. The molecule has 2 aliphatic rings. The summed E-state index contributed by atoms with van der Waals surface area (Å²) in [6.07, 6.45) is 2.35. The Morgan fingerprint density at radius 2 is 2.12 bits per heavy atom. The number of nitrogens with zero attached hydrogens (tertiary/aromatic N) is 1. The quantitative estimate of drug-likeness (QED) is 0.820. The van der Waals surface area contributed by atoms with Crippen molar-refractivity contribution in [2.24, 2.45) is 0 Å². The van der Waals surface area contributed by atoms with Crippen molar-refractivity contribution in [2.75, 3.05) is 52.5 Å². The minimum absolute atomic E-state index is 0.154. The Morgan fingerprint density at radius 1 is 1.29 bits per heavy atom. The van der Waals surface area contributed by atoms with Crippen LogP contribution < -0.4 is 10.1 Å². The fourth-order valence-corrected chi connectivity index (χ4v) is 3.04. The van der Waals surface area contributed by atoms with Gasteiger partial charge in [0.25, 0.3) is 0 Å². The molecule has 0 aliphatic carbocycles. The molecule has 3 rings (SSSR count). The van der Waals surface area contributed by atoms with Crippen LogP contribution in [0.25, 0.3) is 5.57 Å². The minimum atomic E-state index is -0.604. The summed E-state index contributed by atoms with van der Waals surface area (Å²) >= 11 is 0. The van der Waals surface area contributed by atoms with Gasteiger partial charge >= 0.3 is 0 Å². The Labute approximate surface area is 142 Å². The monoisotopic (exact) mass is 336 g/mol. The average molecular weight is 336 g/mol. The summed E-state index contributed by atoms with van der Waals surface area (Å²) in [6.45, 7) is 5.45. The molecule has 24 heavy (non-hydrogen) atoms. The number of hydrogen-bond donors (Lipinski definition) is 2. The van der Waals surface area contributed by atoms with Gasteiger partial charge < -0.3 is 19.9 Å². The van der Waals surface area contributed by atoms with Gasteiger partial charge in [-0.15, -0.1) is 0 Å². The standard InChI is InChI=1S/C18H25FN2O3/c19-16-9-15(14-1-3-20-4-2-14)10-18(11-16)24-13-17(22)12-21-5-7-23-8-6-21/h1,9-11,17,20,22H,2-8,12-13H2. The van der Waals surface area contributed by atoms with Crippen molar-refractivity contribution in [2.45, 2.75) is 12.5 Å². The first-order valence-electron chi connectivity index (χ1n) is 8.52. The molecule has 2 heterocycles. The van der Waals surface area contributed by atoms with Gasteiger partial charge in [-0.1, -0.05) is 6.08 Å². The molecule has 0 amide bonds. The van der Waals surface area contributed by atoms with Crippen molar-refractivity contribution < 1.29 is 19.0 Å². The lowest BCUT2D eigenvalue weighted by atomic mass is 10.00. The first-order chi connectivity index (χ1) is 11.7. The molecule has 5 nitrogen and oxygen atoms in total. The first-order valence-corrected chi connectivity index (χ1v) is 8.52. The van der Waals surface area contributed by atoms with Gasteiger partial charge in [-0.05, 0) is 36.2 Å². The van der Waals surface area contributed by atoms with Crippen LogP contribution in [0.4, 0.5) is 4.39 Å². The second-order valence-corrected chi connectivity index (χ2v) is 6.24. The predicted octanol–water partition coefficient (Wildman–Crippen LogP) is 1.27. The van der Waals surface area contributed by atoms with Crippen molar-refractivity contribution in [3.8, 4) is 5.75 Å². The summed E-state index contributed by atoms with van der Waals surface area (Å²) in [5.74, 6) is 0.148. The van der Waals surface area contributed by atoms with E-state index in [4.69, 9.17) is 9.47 Å². The smallest absolute Gasteiger partial charge is 0.127 e. The first kappa shape index (κ1) is 17.4. The molecule has 132 valence electrons. The fraction of sp³-hybridized carbons (Fsp3) is 0.556. The zero-order chi connectivity index (χ0) is 16.8. The van der Waals surface area contributed by atoms with Gasteiger partial charge in [-0.3, -0.25) is 4.90 Å². The Hall–Kier alpha value is -1.47. The molecule has 2 aliphatic heterocycles. The number of halogens is 1. The van der Waals surface area contributed by atoms with Crippen molar-refractivity contribution in [1.82, 2.24) is 10.2 Å². The summed E-state index contributed by atoms with van der Waals surface area (Å²) in [5.41, 5.74) is 1.99. The highest BCUT2D eigenvalue weighted by Gasteiger charge is 2.16. The van der Waals surface area contributed by atoms with Gasteiger partial charge in [0.15, 0.2) is 0 Å². The molecule has 1 saturated heterocycles. The molecule has 1 aromatic carbocycles. The molecule has 0 aromatic heterocycles. The van der Waals surface area contributed by atoms with Gasteiger partial charge in [-0.25, -0.2) is 4.39 Å². The maximum Gasteiger partial charge on any atom is 0.127 e. The van der Waals surface area contributed by atoms with Gasteiger partial charge in [-0.2, -0.15) is 0 Å². The van der Waals surface area contributed by atoms with Crippen LogP contribution in [0.5, 0.6) is 5.75 Å². The van der Waals surface area contributed by atoms with E-state index in [9.17, 15) is 9.50 Å². The number of rotatable bonds is 6. The van der Waals surface area contributed by atoms with Crippen LogP contribution in [0, 0.1) is 5.82 Å².